The Kier molecular flexibility index (Phi) is 28.1. The van der Waals surface area contributed by atoms with Gasteiger partial charge in [0.1, 0.15) is 12.7 Å². The summed E-state index contributed by atoms with van der Waals surface area (Å²) in [5.74, 6) is -0.272. The van der Waals surface area contributed by atoms with E-state index in [1.54, 1.807) is 0 Å². The van der Waals surface area contributed by atoms with E-state index in [0.717, 1.165) is 12.8 Å². The summed E-state index contributed by atoms with van der Waals surface area (Å²) in [6.07, 6.45) is 32.3. The van der Waals surface area contributed by atoms with Gasteiger partial charge in [-0.1, -0.05) is 155 Å². The standard InChI is InChI=1S/C30H60O4/c1-2-3-4-5-6-7-8-9-10-11-12-13-14-15-16-17-18-19-20-21-22-23-24-25-26-30(33)34-28-29(32)27-31/h29,31-32H,2-28H2,1H3/t29-/m1/s1. The van der Waals surface area contributed by atoms with Crippen LogP contribution < -0.4 is 0 Å². The second-order valence-electron chi connectivity index (χ2n) is 10.4. The van der Waals surface area contributed by atoms with E-state index in [0.29, 0.717) is 6.42 Å². The molecule has 0 saturated carbocycles. The number of unbranched alkanes of at least 4 members (excludes halogenated alkanes) is 23. The maximum atomic E-state index is 11.5. The molecule has 0 fully saturated rings. The average molecular weight is 485 g/mol. The Balaban J connectivity index is 3.09. The molecule has 0 aromatic carbocycles. The van der Waals surface area contributed by atoms with Crippen molar-refractivity contribution in [2.45, 2.75) is 174 Å². The van der Waals surface area contributed by atoms with Gasteiger partial charge >= 0.3 is 5.97 Å². The van der Waals surface area contributed by atoms with Crippen molar-refractivity contribution in [1.82, 2.24) is 0 Å². The van der Waals surface area contributed by atoms with E-state index in [1.807, 2.05) is 0 Å². The van der Waals surface area contributed by atoms with Gasteiger partial charge in [0.2, 0.25) is 0 Å². The van der Waals surface area contributed by atoms with Gasteiger partial charge in [-0.15, -0.1) is 0 Å². The minimum atomic E-state index is -0.955. The lowest BCUT2D eigenvalue weighted by Crippen LogP contribution is -2.21. The first-order valence-electron chi connectivity index (χ1n) is 15.1. The first-order valence-corrected chi connectivity index (χ1v) is 15.1. The fourth-order valence-electron chi connectivity index (χ4n) is 4.55. The molecule has 0 amide bonds. The van der Waals surface area contributed by atoms with Crippen LogP contribution in [0, 0.1) is 0 Å². The first kappa shape index (κ1) is 33.4. The third-order valence-electron chi connectivity index (χ3n) is 6.88. The summed E-state index contributed by atoms with van der Waals surface area (Å²) < 4.78 is 4.90. The molecule has 0 aliphatic rings. The first-order chi connectivity index (χ1) is 16.7. The molecule has 0 spiro atoms. The smallest absolute Gasteiger partial charge is 0.305 e. The molecule has 4 nitrogen and oxygen atoms in total. The maximum Gasteiger partial charge on any atom is 0.305 e. The van der Waals surface area contributed by atoms with Gasteiger partial charge in [-0.25, -0.2) is 0 Å². The summed E-state index contributed by atoms with van der Waals surface area (Å²) >= 11 is 0. The fraction of sp³-hybridized carbons (Fsp3) is 0.967. The van der Waals surface area contributed by atoms with Gasteiger partial charge < -0.3 is 14.9 Å². The Morgan fingerprint density at radius 2 is 0.853 bits per heavy atom. The number of hydrogen-bond donors (Lipinski definition) is 2. The number of aliphatic hydroxyl groups is 2. The fourth-order valence-corrected chi connectivity index (χ4v) is 4.55. The largest absolute Gasteiger partial charge is 0.463 e. The zero-order valence-corrected chi connectivity index (χ0v) is 22.9. The van der Waals surface area contributed by atoms with Gasteiger partial charge in [-0.3, -0.25) is 4.79 Å². The van der Waals surface area contributed by atoms with Gasteiger partial charge in [0.25, 0.3) is 0 Å². The van der Waals surface area contributed by atoms with Crippen molar-refractivity contribution in [1.29, 1.82) is 0 Å². The summed E-state index contributed by atoms with van der Waals surface area (Å²) in [6, 6.07) is 0. The summed E-state index contributed by atoms with van der Waals surface area (Å²) in [6.45, 7) is 1.82. The van der Waals surface area contributed by atoms with Crippen LogP contribution in [0.2, 0.25) is 0 Å². The quantitative estimate of drug-likeness (QED) is 0.0861. The van der Waals surface area contributed by atoms with E-state index in [4.69, 9.17) is 14.9 Å². The van der Waals surface area contributed by atoms with Gasteiger partial charge in [0.15, 0.2) is 0 Å². The van der Waals surface area contributed by atoms with Crippen LogP contribution >= 0.6 is 0 Å². The van der Waals surface area contributed by atoms with Crippen molar-refractivity contribution in [2.24, 2.45) is 0 Å². The molecule has 0 bridgehead atoms. The Labute approximate surface area is 212 Å². The van der Waals surface area contributed by atoms with Crippen molar-refractivity contribution in [2.75, 3.05) is 13.2 Å². The molecular weight excluding hydrogens is 424 g/mol. The van der Waals surface area contributed by atoms with E-state index < -0.39 is 6.10 Å². The zero-order chi connectivity index (χ0) is 25.0. The lowest BCUT2D eigenvalue weighted by atomic mass is 10.0. The summed E-state index contributed by atoms with van der Waals surface area (Å²) in [7, 11) is 0. The van der Waals surface area contributed by atoms with Crippen molar-refractivity contribution >= 4 is 5.97 Å². The number of rotatable bonds is 28. The molecule has 4 heteroatoms. The summed E-state index contributed by atoms with van der Waals surface area (Å²) in [5, 5.41) is 17.8. The van der Waals surface area contributed by atoms with Crippen molar-refractivity contribution in [3.05, 3.63) is 0 Å². The molecule has 2 N–H and O–H groups in total. The number of hydrogen-bond acceptors (Lipinski definition) is 4. The predicted octanol–water partition coefficient (Wildman–Crippen LogP) is 8.66. The molecule has 0 aliphatic carbocycles. The van der Waals surface area contributed by atoms with Crippen LogP contribution in [-0.4, -0.2) is 35.5 Å². The molecule has 0 aromatic rings. The molecule has 0 radical (unpaired) electrons. The monoisotopic (exact) mass is 484 g/mol. The van der Waals surface area contributed by atoms with Crippen LogP contribution in [0.15, 0.2) is 0 Å². The highest BCUT2D eigenvalue weighted by Gasteiger charge is 2.07. The highest BCUT2D eigenvalue weighted by Crippen LogP contribution is 2.15. The summed E-state index contributed by atoms with van der Waals surface area (Å²) in [4.78, 5) is 11.5. The van der Waals surface area contributed by atoms with E-state index in [9.17, 15) is 4.79 Å². The van der Waals surface area contributed by atoms with Crippen molar-refractivity contribution in [3.8, 4) is 0 Å². The van der Waals surface area contributed by atoms with Crippen LogP contribution in [0.3, 0.4) is 0 Å². The van der Waals surface area contributed by atoms with Crippen LogP contribution in [0.25, 0.3) is 0 Å². The Morgan fingerprint density at radius 3 is 1.15 bits per heavy atom. The van der Waals surface area contributed by atoms with Gasteiger partial charge in [-0.2, -0.15) is 0 Å². The van der Waals surface area contributed by atoms with Gasteiger partial charge in [-0.05, 0) is 6.42 Å². The van der Waals surface area contributed by atoms with E-state index in [2.05, 4.69) is 6.92 Å². The zero-order valence-electron chi connectivity index (χ0n) is 22.9. The van der Waals surface area contributed by atoms with Crippen LogP contribution in [0.5, 0.6) is 0 Å². The molecule has 204 valence electrons. The van der Waals surface area contributed by atoms with Crippen LogP contribution in [0.4, 0.5) is 0 Å². The van der Waals surface area contributed by atoms with Crippen molar-refractivity contribution in [3.63, 3.8) is 0 Å². The van der Waals surface area contributed by atoms with Gasteiger partial charge in [0.05, 0.1) is 6.61 Å². The normalized spacial score (nSPS) is 12.2. The van der Waals surface area contributed by atoms with E-state index in [1.165, 1.54) is 141 Å². The lowest BCUT2D eigenvalue weighted by molar-refractivity contribution is -0.147. The molecule has 34 heavy (non-hydrogen) atoms. The second-order valence-corrected chi connectivity index (χ2v) is 10.4. The third-order valence-corrected chi connectivity index (χ3v) is 6.88. The number of esters is 1. The van der Waals surface area contributed by atoms with E-state index in [-0.39, 0.29) is 19.2 Å². The molecular formula is C30H60O4. The third kappa shape index (κ3) is 27.6. The average Bonchev–Trinajstić information content (AvgIpc) is 2.85. The highest BCUT2D eigenvalue weighted by atomic mass is 16.5. The minimum Gasteiger partial charge on any atom is -0.463 e. The highest BCUT2D eigenvalue weighted by molar-refractivity contribution is 5.69. The molecule has 0 unspecified atom stereocenters. The second kappa shape index (κ2) is 28.6. The molecule has 0 aliphatic heterocycles. The number of ether oxygens (including phenoxy) is 1. The summed E-state index contributed by atoms with van der Waals surface area (Å²) in [5.41, 5.74) is 0. The molecule has 0 saturated heterocycles. The van der Waals surface area contributed by atoms with Gasteiger partial charge in [0, 0.05) is 6.42 Å². The van der Waals surface area contributed by atoms with Crippen LogP contribution in [0.1, 0.15) is 167 Å². The molecule has 0 aromatic heterocycles. The van der Waals surface area contributed by atoms with Crippen LogP contribution in [-0.2, 0) is 9.53 Å². The SMILES string of the molecule is CCCCCCCCCCCCCCCCCCCCCCCCCCC(=O)OC[C@H](O)CO. The number of carbonyl (C=O) groups excluding carboxylic acids is 1. The molecule has 1 atom stereocenters. The maximum absolute atomic E-state index is 11.5. The number of carbonyl (C=O) groups is 1. The van der Waals surface area contributed by atoms with Crippen molar-refractivity contribution < 1.29 is 19.7 Å². The Morgan fingerprint density at radius 1 is 0.559 bits per heavy atom. The minimum absolute atomic E-state index is 0.102. The Hall–Kier alpha value is -0.610. The lowest BCUT2D eigenvalue weighted by Gasteiger charge is -2.08. The molecule has 0 heterocycles. The number of aliphatic hydroxyl groups excluding tert-OH is 2. The Bertz CT molecular complexity index is 399. The predicted molar refractivity (Wildman–Crippen MR) is 145 cm³/mol. The van der Waals surface area contributed by atoms with E-state index >= 15 is 0 Å². The topological polar surface area (TPSA) is 66.8 Å². The molecule has 0 rings (SSSR count).